The topological polar surface area (TPSA) is 85.7 Å². The first-order chi connectivity index (χ1) is 10.4. The van der Waals surface area contributed by atoms with Crippen molar-refractivity contribution in [2.24, 2.45) is 5.11 Å². The molecule has 2 aliphatic rings. The Morgan fingerprint density at radius 2 is 1.62 bits per heavy atom. The third-order valence-corrected chi connectivity index (χ3v) is 3.47. The third kappa shape index (κ3) is 3.34. The van der Waals surface area contributed by atoms with Crippen LogP contribution in [0.3, 0.4) is 0 Å². The molecule has 7 nitrogen and oxygen atoms in total. The fraction of sp³-hybridized carbons (Fsp3) is 0.571. The second-order valence-electron chi connectivity index (χ2n) is 4.81. The van der Waals surface area contributed by atoms with Gasteiger partial charge in [0.1, 0.15) is 0 Å². The lowest BCUT2D eigenvalue weighted by atomic mass is 10.0. The molecule has 0 aliphatic carbocycles. The molecule has 0 bridgehead atoms. The van der Waals surface area contributed by atoms with Gasteiger partial charge in [0.05, 0.1) is 26.4 Å². The Hall–Kier alpha value is -1.63. The lowest BCUT2D eigenvalue weighted by Crippen LogP contribution is -2.09. The largest absolute Gasteiger partial charge is 0.346 e. The first-order valence-electron chi connectivity index (χ1n) is 6.98. The molecule has 0 unspecified atom stereocenters. The molecule has 0 atom stereocenters. The SMILES string of the molecule is [N-]=[N+]=NCCc1ccc(C2OCCO2)c(C2OCCO2)c1. The minimum atomic E-state index is -0.382. The summed E-state index contributed by atoms with van der Waals surface area (Å²) < 4.78 is 22.4. The summed E-state index contributed by atoms with van der Waals surface area (Å²) in [5.41, 5.74) is 11.3. The monoisotopic (exact) mass is 291 g/mol. The molecular formula is C14H17N3O4. The van der Waals surface area contributed by atoms with Crippen LogP contribution < -0.4 is 0 Å². The molecule has 112 valence electrons. The highest BCUT2D eigenvalue weighted by molar-refractivity contribution is 5.34. The van der Waals surface area contributed by atoms with E-state index in [0.29, 0.717) is 39.4 Å². The molecule has 1 aromatic carbocycles. The lowest BCUT2D eigenvalue weighted by Gasteiger charge is -2.19. The minimum Gasteiger partial charge on any atom is -0.346 e. The van der Waals surface area contributed by atoms with Crippen molar-refractivity contribution in [3.8, 4) is 0 Å². The molecule has 3 rings (SSSR count). The van der Waals surface area contributed by atoms with Gasteiger partial charge in [-0.3, -0.25) is 0 Å². The van der Waals surface area contributed by atoms with E-state index in [-0.39, 0.29) is 12.6 Å². The summed E-state index contributed by atoms with van der Waals surface area (Å²) in [5.74, 6) is 0. The summed E-state index contributed by atoms with van der Waals surface area (Å²) in [4.78, 5) is 2.77. The van der Waals surface area contributed by atoms with E-state index >= 15 is 0 Å². The van der Waals surface area contributed by atoms with Crippen molar-refractivity contribution in [1.82, 2.24) is 0 Å². The summed E-state index contributed by atoms with van der Waals surface area (Å²) in [5, 5.41) is 3.56. The fourth-order valence-corrected chi connectivity index (χ4v) is 2.50. The molecule has 2 fully saturated rings. The third-order valence-electron chi connectivity index (χ3n) is 3.47. The molecular weight excluding hydrogens is 274 g/mol. The van der Waals surface area contributed by atoms with Crippen LogP contribution in [0.5, 0.6) is 0 Å². The normalized spacial score (nSPS) is 19.8. The Kier molecular flexibility index (Phi) is 4.69. The zero-order chi connectivity index (χ0) is 14.5. The number of azide groups is 1. The van der Waals surface area contributed by atoms with Crippen molar-refractivity contribution >= 4 is 0 Å². The minimum absolute atomic E-state index is 0.362. The van der Waals surface area contributed by atoms with Gasteiger partial charge in [-0.15, -0.1) is 0 Å². The first kappa shape index (κ1) is 14.3. The Morgan fingerprint density at radius 1 is 1.00 bits per heavy atom. The molecule has 0 N–H and O–H groups in total. The number of nitrogens with zero attached hydrogens (tertiary/aromatic N) is 3. The van der Waals surface area contributed by atoms with Gasteiger partial charge in [0.2, 0.25) is 0 Å². The van der Waals surface area contributed by atoms with Crippen molar-refractivity contribution in [3.63, 3.8) is 0 Å². The predicted molar refractivity (Wildman–Crippen MR) is 73.4 cm³/mol. The summed E-state index contributed by atoms with van der Waals surface area (Å²) >= 11 is 0. The highest BCUT2D eigenvalue weighted by atomic mass is 16.7. The second-order valence-corrected chi connectivity index (χ2v) is 4.81. The first-order valence-corrected chi connectivity index (χ1v) is 6.98. The molecule has 0 spiro atoms. The highest BCUT2D eigenvalue weighted by Gasteiger charge is 2.28. The van der Waals surface area contributed by atoms with Crippen LogP contribution in [0.4, 0.5) is 0 Å². The molecule has 2 aliphatic heterocycles. The summed E-state index contributed by atoms with van der Waals surface area (Å²) in [7, 11) is 0. The average Bonchev–Trinajstić information content (AvgIpc) is 3.21. The fourth-order valence-electron chi connectivity index (χ4n) is 2.50. The van der Waals surface area contributed by atoms with E-state index in [9.17, 15) is 0 Å². The molecule has 7 heteroatoms. The quantitative estimate of drug-likeness (QED) is 0.474. The summed E-state index contributed by atoms with van der Waals surface area (Å²) in [6.07, 6.45) is -0.0672. The predicted octanol–water partition coefficient (Wildman–Crippen LogP) is 2.63. The van der Waals surface area contributed by atoms with Gasteiger partial charge in [-0.05, 0) is 17.5 Å². The molecule has 0 saturated carbocycles. The summed E-state index contributed by atoms with van der Waals surface area (Å²) in [6, 6.07) is 5.98. The van der Waals surface area contributed by atoms with E-state index in [1.165, 1.54) is 0 Å². The van der Waals surface area contributed by atoms with Crippen molar-refractivity contribution < 1.29 is 18.9 Å². The van der Waals surface area contributed by atoms with E-state index < -0.39 is 0 Å². The van der Waals surface area contributed by atoms with Crippen molar-refractivity contribution in [2.45, 2.75) is 19.0 Å². The van der Waals surface area contributed by atoms with Gasteiger partial charge in [0, 0.05) is 22.6 Å². The van der Waals surface area contributed by atoms with Crippen molar-refractivity contribution in [2.75, 3.05) is 33.0 Å². The van der Waals surface area contributed by atoms with Crippen LogP contribution in [0.25, 0.3) is 10.4 Å². The van der Waals surface area contributed by atoms with Crippen LogP contribution in [0.1, 0.15) is 29.3 Å². The van der Waals surface area contributed by atoms with Crippen LogP contribution >= 0.6 is 0 Å². The Bertz CT molecular complexity index is 533. The van der Waals surface area contributed by atoms with Gasteiger partial charge in [-0.2, -0.15) is 0 Å². The Balaban J connectivity index is 1.85. The number of benzene rings is 1. The maximum absolute atomic E-state index is 8.34. The maximum Gasteiger partial charge on any atom is 0.184 e. The number of rotatable bonds is 5. The van der Waals surface area contributed by atoms with Gasteiger partial charge >= 0.3 is 0 Å². The van der Waals surface area contributed by atoms with Gasteiger partial charge < -0.3 is 18.9 Å². The number of ether oxygens (including phenoxy) is 4. The second kappa shape index (κ2) is 6.89. The van der Waals surface area contributed by atoms with E-state index in [4.69, 9.17) is 24.5 Å². The van der Waals surface area contributed by atoms with E-state index in [2.05, 4.69) is 10.0 Å². The zero-order valence-corrected chi connectivity index (χ0v) is 11.6. The maximum atomic E-state index is 8.34. The van der Waals surface area contributed by atoms with Crippen LogP contribution in [-0.4, -0.2) is 33.0 Å². The average molecular weight is 291 g/mol. The van der Waals surface area contributed by atoms with Crippen molar-refractivity contribution in [3.05, 3.63) is 45.3 Å². The van der Waals surface area contributed by atoms with Gasteiger partial charge in [0.25, 0.3) is 0 Å². The van der Waals surface area contributed by atoms with Crippen molar-refractivity contribution in [1.29, 1.82) is 0 Å². The zero-order valence-electron chi connectivity index (χ0n) is 11.6. The Morgan fingerprint density at radius 3 is 2.24 bits per heavy atom. The molecule has 2 heterocycles. The molecule has 0 amide bonds. The lowest BCUT2D eigenvalue weighted by molar-refractivity contribution is -0.0637. The molecule has 2 saturated heterocycles. The summed E-state index contributed by atoms with van der Waals surface area (Å²) in [6.45, 7) is 2.78. The van der Waals surface area contributed by atoms with Crippen LogP contribution in [0.15, 0.2) is 23.3 Å². The smallest absolute Gasteiger partial charge is 0.184 e. The standard InChI is InChI=1S/C14H17N3O4/c15-17-16-4-3-10-1-2-11(13-18-5-6-19-13)12(9-10)14-20-7-8-21-14/h1-2,9,13-14H,3-8H2. The number of hydrogen-bond donors (Lipinski definition) is 0. The van der Waals surface area contributed by atoms with Crippen LogP contribution in [0, 0.1) is 0 Å². The molecule has 0 radical (unpaired) electrons. The molecule has 1 aromatic rings. The van der Waals surface area contributed by atoms with Crippen LogP contribution in [-0.2, 0) is 25.4 Å². The van der Waals surface area contributed by atoms with E-state index in [0.717, 1.165) is 16.7 Å². The Labute approximate surface area is 122 Å². The highest BCUT2D eigenvalue weighted by Crippen LogP contribution is 2.34. The molecule has 0 aromatic heterocycles. The van der Waals surface area contributed by atoms with Gasteiger partial charge in [-0.1, -0.05) is 23.3 Å². The number of hydrogen-bond acceptors (Lipinski definition) is 5. The van der Waals surface area contributed by atoms with Gasteiger partial charge in [0.15, 0.2) is 12.6 Å². The van der Waals surface area contributed by atoms with Crippen LogP contribution in [0.2, 0.25) is 0 Å². The van der Waals surface area contributed by atoms with Gasteiger partial charge in [-0.25, -0.2) is 0 Å². The van der Waals surface area contributed by atoms with E-state index in [1.807, 2.05) is 18.2 Å². The van der Waals surface area contributed by atoms with E-state index in [1.54, 1.807) is 0 Å². The molecule has 21 heavy (non-hydrogen) atoms.